The van der Waals surface area contributed by atoms with Crippen LogP contribution in [0.4, 0.5) is 0 Å². The van der Waals surface area contributed by atoms with Crippen LogP contribution in [0.2, 0.25) is 5.02 Å². The highest BCUT2D eigenvalue weighted by Gasteiger charge is 2.68. The van der Waals surface area contributed by atoms with E-state index < -0.39 is 17.4 Å². The molecule has 0 radical (unpaired) electrons. The van der Waals surface area contributed by atoms with E-state index in [0.717, 1.165) is 16.7 Å². The fourth-order valence-corrected chi connectivity index (χ4v) is 6.10. The minimum atomic E-state index is -1.62. The van der Waals surface area contributed by atoms with Crippen LogP contribution in [0.15, 0.2) is 72.8 Å². The Hall–Kier alpha value is -2.95. The van der Waals surface area contributed by atoms with Gasteiger partial charge in [0.2, 0.25) is 11.8 Å². The number of halogens is 1. The quantitative estimate of drug-likeness (QED) is 0.647. The molecule has 30 heavy (non-hydrogen) atoms. The molecule has 1 N–H and O–H groups in total. The minimum Gasteiger partial charge on any atom is -0.379 e. The van der Waals surface area contributed by atoms with Gasteiger partial charge in [-0.15, -0.1) is 0 Å². The molecule has 1 fully saturated rings. The highest BCUT2D eigenvalue weighted by atomic mass is 35.5. The lowest BCUT2D eigenvalue weighted by Gasteiger charge is -2.51. The Kier molecular flexibility index (Phi) is 3.59. The fraction of sp³-hybridized carbons (Fsp3) is 0.200. The summed E-state index contributed by atoms with van der Waals surface area (Å²) in [7, 11) is 0. The van der Waals surface area contributed by atoms with Crippen molar-refractivity contribution < 1.29 is 14.7 Å². The van der Waals surface area contributed by atoms with Crippen molar-refractivity contribution in [1.82, 2.24) is 4.90 Å². The van der Waals surface area contributed by atoms with Gasteiger partial charge >= 0.3 is 0 Å². The molecule has 0 saturated carbocycles. The van der Waals surface area contributed by atoms with E-state index in [9.17, 15) is 14.7 Å². The van der Waals surface area contributed by atoms with Crippen molar-refractivity contribution in [2.75, 3.05) is 0 Å². The second-order valence-electron chi connectivity index (χ2n) is 8.29. The molecule has 1 aliphatic heterocycles. The van der Waals surface area contributed by atoms with Gasteiger partial charge < -0.3 is 5.11 Å². The Morgan fingerprint density at radius 1 is 0.867 bits per heavy atom. The summed E-state index contributed by atoms with van der Waals surface area (Å²) in [4.78, 5) is 28.4. The Morgan fingerprint density at radius 2 is 1.57 bits per heavy atom. The maximum absolute atomic E-state index is 13.6. The van der Waals surface area contributed by atoms with E-state index in [0.29, 0.717) is 16.1 Å². The largest absolute Gasteiger partial charge is 0.379 e. The molecule has 2 bridgehead atoms. The van der Waals surface area contributed by atoms with Gasteiger partial charge in [0.15, 0.2) is 0 Å². The molecular weight excluding hydrogens is 398 g/mol. The highest BCUT2D eigenvalue weighted by molar-refractivity contribution is 6.31. The fourth-order valence-electron chi connectivity index (χ4n) is 5.78. The normalized spacial score (nSPS) is 28.3. The number of hydrogen-bond acceptors (Lipinski definition) is 3. The average molecular weight is 416 g/mol. The first-order chi connectivity index (χ1) is 14.5. The molecule has 1 heterocycles. The van der Waals surface area contributed by atoms with Gasteiger partial charge in [0, 0.05) is 16.5 Å². The van der Waals surface area contributed by atoms with E-state index in [1.807, 2.05) is 66.7 Å². The van der Waals surface area contributed by atoms with Gasteiger partial charge in [0.25, 0.3) is 0 Å². The zero-order valence-corrected chi connectivity index (χ0v) is 16.7. The second-order valence-corrected chi connectivity index (χ2v) is 8.69. The molecular formula is C25H18ClNO3. The van der Waals surface area contributed by atoms with Gasteiger partial charge in [0.05, 0.1) is 18.4 Å². The van der Waals surface area contributed by atoms with Crippen LogP contribution >= 0.6 is 11.6 Å². The van der Waals surface area contributed by atoms with Crippen LogP contribution < -0.4 is 0 Å². The number of nitrogens with zero attached hydrogens (tertiary/aromatic N) is 1. The monoisotopic (exact) mass is 415 g/mol. The minimum absolute atomic E-state index is 0.203. The number of carbonyl (C=O) groups is 2. The zero-order chi connectivity index (χ0) is 20.6. The third-order valence-electron chi connectivity index (χ3n) is 6.90. The molecule has 4 nitrogen and oxygen atoms in total. The van der Waals surface area contributed by atoms with Gasteiger partial charge in [-0.3, -0.25) is 14.5 Å². The van der Waals surface area contributed by atoms with E-state index in [1.54, 1.807) is 6.07 Å². The molecule has 3 aromatic carbocycles. The van der Waals surface area contributed by atoms with Gasteiger partial charge in [-0.05, 0) is 28.3 Å². The summed E-state index contributed by atoms with van der Waals surface area (Å²) in [6.07, 6.45) is 0. The Morgan fingerprint density at radius 3 is 2.37 bits per heavy atom. The lowest BCUT2D eigenvalue weighted by Crippen LogP contribution is -2.53. The first-order valence-electron chi connectivity index (χ1n) is 10.0. The van der Waals surface area contributed by atoms with E-state index >= 15 is 0 Å². The van der Waals surface area contributed by atoms with Crippen LogP contribution in [0, 0.1) is 11.8 Å². The third-order valence-corrected chi connectivity index (χ3v) is 7.22. The molecule has 4 atom stereocenters. The Bertz CT molecular complexity index is 1220. The average Bonchev–Trinajstić information content (AvgIpc) is 3.01. The molecule has 148 valence electrons. The van der Waals surface area contributed by atoms with Crippen molar-refractivity contribution >= 4 is 23.4 Å². The van der Waals surface area contributed by atoms with E-state index in [1.165, 1.54) is 4.90 Å². The summed E-state index contributed by atoms with van der Waals surface area (Å²) in [6, 6.07) is 22.5. The first-order valence-corrected chi connectivity index (χ1v) is 10.4. The van der Waals surface area contributed by atoms with Crippen LogP contribution in [0.1, 0.15) is 33.7 Å². The van der Waals surface area contributed by atoms with E-state index in [-0.39, 0.29) is 24.3 Å². The predicted octanol–water partition coefficient (Wildman–Crippen LogP) is 3.84. The third kappa shape index (κ3) is 2.05. The lowest BCUT2D eigenvalue weighted by molar-refractivity contribution is -0.142. The summed E-state index contributed by atoms with van der Waals surface area (Å²) in [5.74, 6) is -2.36. The van der Waals surface area contributed by atoms with Gasteiger partial charge in [0.1, 0.15) is 5.60 Å². The number of aliphatic hydroxyl groups is 1. The van der Waals surface area contributed by atoms with E-state index in [2.05, 4.69) is 0 Å². The van der Waals surface area contributed by atoms with Gasteiger partial charge in [-0.25, -0.2) is 0 Å². The van der Waals surface area contributed by atoms with Gasteiger partial charge in [-0.1, -0.05) is 78.3 Å². The van der Waals surface area contributed by atoms with Crippen LogP contribution in [0.3, 0.4) is 0 Å². The number of hydrogen-bond donors (Lipinski definition) is 1. The number of benzene rings is 3. The molecule has 5 heteroatoms. The molecule has 3 aliphatic carbocycles. The smallest absolute Gasteiger partial charge is 0.237 e. The Labute approximate surface area is 178 Å². The van der Waals surface area contributed by atoms with Crippen LogP contribution in [0.25, 0.3) is 0 Å². The number of likely N-dealkylation sites (tertiary alicyclic amines) is 1. The standard InChI is InChI=1S/C25H18ClNO3/c26-18-12-6-10-16-19-15-9-4-5-11-17(15)25(30,21(16)18)22-20(19)23(28)27(24(22)29)13-14-7-2-1-3-8-14/h1-12,19-20,22,30H,13H2. The number of carbonyl (C=O) groups excluding carboxylic acids is 2. The lowest BCUT2D eigenvalue weighted by atomic mass is 9.52. The molecule has 4 aliphatic rings. The summed E-state index contributed by atoms with van der Waals surface area (Å²) in [5, 5.41) is 12.6. The maximum Gasteiger partial charge on any atom is 0.237 e. The number of imide groups is 1. The van der Waals surface area contributed by atoms with Crippen molar-refractivity contribution in [3.8, 4) is 0 Å². The van der Waals surface area contributed by atoms with Crippen molar-refractivity contribution in [2.24, 2.45) is 11.8 Å². The van der Waals surface area contributed by atoms with Crippen molar-refractivity contribution in [2.45, 2.75) is 18.1 Å². The molecule has 7 rings (SSSR count). The molecule has 0 aromatic heterocycles. The van der Waals surface area contributed by atoms with Crippen LogP contribution in [-0.2, 0) is 21.7 Å². The number of rotatable bonds is 2. The first kappa shape index (κ1) is 17.9. The topological polar surface area (TPSA) is 57.6 Å². The van der Waals surface area contributed by atoms with Crippen molar-refractivity contribution in [3.05, 3.63) is 106 Å². The van der Waals surface area contributed by atoms with Crippen LogP contribution in [-0.4, -0.2) is 21.8 Å². The number of amides is 2. The highest BCUT2D eigenvalue weighted by Crippen LogP contribution is 2.64. The molecule has 0 spiro atoms. The second kappa shape index (κ2) is 6.03. The molecule has 1 saturated heterocycles. The van der Waals surface area contributed by atoms with E-state index in [4.69, 9.17) is 11.6 Å². The van der Waals surface area contributed by atoms with Gasteiger partial charge in [-0.2, -0.15) is 0 Å². The SMILES string of the molecule is O=C1C2C3c4ccccc4C(O)(c4c(Cl)cccc43)C2C(=O)N1Cc1ccccc1. The van der Waals surface area contributed by atoms with Crippen molar-refractivity contribution in [3.63, 3.8) is 0 Å². The summed E-state index contributed by atoms with van der Waals surface area (Å²) in [6.45, 7) is 0.203. The molecule has 2 amide bonds. The summed E-state index contributed by atoms with van der Waals surface area (Å²) in [5.41, 5.74) is 2.25. The molecule has 3 aromatic rings. The predicted molar refractivity (Wildman–Crippen MR) is 112 cm³/mol. The molecule has 4 unspecified atom stereocenters. The Balaban J connectivity index is 1.57. The zero-order valence-electron chi connectivity index (χ0n) is 16.0. The summed E-state index contributed by atoms with van der Waals surface area (Å²) < 4.78 is 0. The summed E-state index contributed by atoms with van der Waals surface area (Å²) >= 11 is 6.56. The van der Waals surface area contributed by atoms with Crippen LogP contribution in [0.5, 0.6) is 0 Å². The maximum atomic E-state index is 13.6. The van der Waals surface area contributed by atoms with Crippen molar-refractivity contribution in [1.29, 1.82) is 0 Å².